The maximum absolute atomic E-state index is 13.7. The number of halogens is 1. The molecule has 5 N–H and O–H groups in total. The molecule has 0 aliphatic carbocycles. The minimum absolute atomic E-state index is 0.0405. The highest BCUT2D eigenvalue weighted by Crippen LogP contribution is 2.34. The number of benzene rings is 5. The Morgan fingerprint density at radius 3 is 2.40 bits per heavy atom. The van der Waals surface area contributed by atoms with Crippen LogP contribution >= 0.6 is 11.6 Å². The van der Waals surface area contributed by atoms with Crippen LogP contribution in [0.25, 0.3) is 11.1 Å². The van der Waals surface area contributed by atoms with Crippen LogP contribution in [0.5, 0.6) is 17.2 Å². The summed E-state index contributed by atoms with van der Waals surface area (Å²) in [5.74, 6) is 0.694. The van der Waals surface area contributed by atoms with Crippen LogP contribution in [0.1, 0.15) is 35.2 Å². The highest BCUT2D eigenvalue weighted by molar-refractivity contribution is 7.90. The molecule has 1 unspecified atom stereocenters. The molecule has 1 heterocycles. The maximum atomic E-state index is 13.7. The number of quaternary nitrogens is 1. The van der Waals surface area contributed by atoms with Crippen molar-refractivity contribution in [1.82, 2.24) is 19.7 Å². The van der Waals surface area contributed by atoms with Gasteiger partial charge in [-0.05, 0) is 117 Å². The van der Waals surface area contributed by atoms with Crippen LogP contribution in [0.15, 0.2) is 114 Å². The number of amides is 1. The Morgan fingerprint density at radius 2 is 1.68 bits per heavy atom. The molecule has 0 radical (unpaired) electrons. The summed E-state index contributed by atoms with van der Waals surface area (Å²) in [5.41, 5.74) is 3.82. The van der Waals surface area contributed by atoms with E-state index in [-0.39, 0.29) is 27.6 Å². The van der Waals surface area contributed by atoms with Gasteiger partial charge in [0.25, 0.3) is 15.9 Å². The van der Waals surface area contributed by atoms with Gasteiger partial charge in [-0.25, -0.2) is 18.3 Å². The van der Waals surface area contributed by atoms with Crippen molar-refractivity contribution in [3.05, 3.63) is 131 Å². The fourth-order valence-corrected chi connectivity index (χ4v) is 8.05. The number of sulfonamides is 1. The lowest BCUT2D eigenvalue weighted by molar-refractivity contribution is -0.00403. The predicted molar refractivity (Wildman–Crippen MR) is 245 cm³/mol. The van der Waals surface area contributed by atoms with Crippen LogP contribution in [0.4, 0.5) is 17.1 Å². The zero-order chi connectivity index (χ0) is 44.1. The molecule has 1 amide bonds. The Balaban J connectivity index is 1.13. The normalized spacial score (nSPS) is 14.2. The van der Waals surface area contributed by atoms with E-state index in [1.807, 2.05) is 50.5 Å². The van der Waals surface area contributed by atoms with E-state index in [1.165, 1.54) is 18.2 Å². The largest absolute Gasteiger partial charge is 0.593 e. The van der Waals surface area contributed by atoms with Crippen molar-refractivity contribution in [2.24, 2.45) is 5.92 Å². The average Bonchev–Trinajstić information content (AvgIpc) is 3.25. The van der Waals surface area contributed by atoms with Crippen LogP contribution in [0.2, 0.25) is 5.02 Å². The summed E-state index contributed by atoms with van der Waals surface area (Å²) in [7, 11) is 0.536. The van der Waals surface area contributed by atoms with Crippen LogP contribution in [0.3, 0.4) is 0 Å². The molecule has 16 heteroatoms. The molecule has 0 spiro atoms. The maximum Gasteiger partial charge on any atom is 0.268 e. The Kier molecular flexibility index (Phi) is 16.2. The number of hydrogen-bond acceptors (Lipinski definition) is 12. The van der Waals surface area contributed by atoms with Crippen LogP contribution in [-0.2, 0) is 21.3 Å². The zero-order valence-corrected chi connectivity index (χ0v) is 36.8. The van der Waals surface area contributed by atoms with Gasteiger partial charge in [0.15, 0.2) is 5.69 Å². The molecule has 0 saturated carbocycles. The zero-order valence-electron chi connectivity index (χ0n) is 35.2. The lowest BCUT2D eigenvalue weighted by Gasteiger charge is -2.31. The van der Waals surface area contributed by atoms with Gasteiger partial charge in [0.05, 0.1) is 22.8 Å². The standard InChI is InChI=1S/C46H55ClN6O8S/c1-52(2)24-7-25-60-39-15-18-41(34-10-12-36(47)13-11-34)35(28-39)32-48-22-23-49-37-14-17-42(45(29-37)61-38-8-5-4-6-9-38)46(54)51-62(57,58)40-16-19-43(44(30-40)53(3,55)56)50-31-33-20-26-59-27-21-33/h4-6,8-19,28-30,33,48-50,55H,7,20-27,31-32H2,1-3H3,(H,51,54). The Labute approximate surface area is 368 Å². The Bertz CT molecular complexity index is 2360. The number of carbonyl (C=O) groups is 1. The van der Waals surface area contributed by atoms with Crippen molar-refractivity contribution in [3.8, 4) is 28.4 Å². The molecular formula is C46H55ClN6O8S. The van der Waals surface area contributed by atoms with Crippen molar-refractivity contribution in [2.45, 2.75) is 30.7 Å². The van der Waals surface area contributed by atoms with Gasteiger partial charge in [-0.15, -0.1) is 0 Å². The van der Waals surface area contributed by atoms with Gasteiger partial charge in [-0.1, -0.05) is 48.0 Å². The number of ether oxygens (including phenoxy) is 3. The first-order valence-electron chi connectivity index (χ1n) is 20.6. The summed E-state index contributed by atoms with van der Waals surface area (Å²) in [4.78, 5) is 13.6. The lowest BCUT2D eigenvalue weighted by atomic mass is 9.99. The van der Waals surface area contributed by atoms with Gasteiger partial charge in [-0.2, -0.15) is 4.81 Å². The molecule has 1 fully saturated rings. The van der Waals surface area contributed by atoms with Gasteiger partial charge >= 0.3 is 0 Å². The number of hydroxylamine groups is 2. The number of carbonyl (C=O) groups excluding carboxylic acids is 1. The van der Waals surface area contributed by atoms with Crippen molar-refractivity contribution >= 4 is 44.6 Å². The van der Waals surface area contributed by atoms with Crippen molar-refractivity contribution in [3.63, 3.8) is 0 Å². The molecular weight excluding hydrogens is 832 g/mol. The summed E-state index contributed by atoms with van der Waals surface area (Å²) in [6.45, 7) is 4.97. The number of nitrogens with one attached hydrogen (secondary N) is 4. The molecule has 1 atom stereocenters. The highest BCUT2D eigenvalue weighted by Gasteiger charge is 2.27. The van der Waals surface area contributed by atoms with E-state index in [0.717, 1.165) is 61.4 Å². The highest BCUT2D eigenvalue weighted by atomic mass is 35.5. The van der Waals surface area contributed by atoms with Crippen molar-refractivity contribution in [1.29, 1.82) is 0 Å². The fourth-order valence-electron chi connectivity index (χ4n) is 6.94. The number of para-hydroxylation sites is 1. The molecule has 1 aliphatic rings. The molecule has 1 aliphatic heterocycles. The average molecular weight is 887 g/mol. The van der Waals surface area contributed by atoms with E-state index in [4.69, 9.17) is 25.8 Å². The second-order valence-electron chi connectivity index (χ2n) is 15.5. The Morgan fingerprint density at radius 1 is 0.919 bits per heavy atom. The smallest absolute Gasteiger partial charge is 0.268 e. The molecule has 5 aromatic carbocycles. The minimum Gasteiger partial charge on any atom is -0.593 e. The van der Waals surface area contributed by atoms with Gasteiger partial charge in [0, 0.05) is 68.8 Å². The van der Waals surface area contributed by atoms with Gasteiger partial charge < -0.3 is 40.3 Å². The number of rotatable bonds is 21. The molecule has 0 aromatic heterocycles. The van der Waals surface area contributed by atoms with Crippen molar-refractivity contribution < 1.29 is 32.6 Å². The third kappa shape index (κ3) is 13.4. The monoisotopic (exact) mass is 886 g/mol. The molecule has 62 heavy (non-hydrogen) atoms. The molecule has 5 aromatic rings. The summed E-state index contributed by atoms with van der Waals surface area (Å²) >= 11 is 6.18. The first-order valence-corrected chi connectivity index (χ1v) is 22.4. The molecule has 6 rings (SSSR count). The second kappa shape index (κ2) is 21.7. The summed E-state index contributed by atoms with van der Waals surface area (Å²) in [6.07, 6.45) is 2.59. The number of nitrogens with zero attached hydrogens (tertiary/aromatic N) is 2. The molecule has 330 valence electrons. The molecule has 1 saturated heterocycles. The van der Waals surface area contributed by atoms with Gasteiger partial charge in [0.1, 0.15) is 24.3 Å². The quantitative estimate of drug-likeness (QED) is 0.0273. The Hall–Kier alpha value is -5.23. The second-order valence-corrected chi connectivity index (χ2v) is 17.6. The van der Waals surface area contributed by atoms with E-state index in [2.05, 4.69) is 37.7 Å². The summed E-state index contributed by atoms with van der Waals surface area (Å²) < 4.78 is 47.0. The van der Waals surface area contributed by atoms with E-state index >= 15 is 0 Å². The van der Waals surface area contributed by atoms with Crippen LogP contribution in [-0.4, -0.2) is 91.6 Å². The summed E-state index contributed by atoms with van der Waals surface area (Å²) in [5, 5.41) is 33.9. The summed E-state index contributed by atoms with van der Waals surface area (Å²) in [6, 6.07) is 31.2. The van der Waals surface area contributed by atoms with E-state index in [9.17, 15) is 23.6 Å². The van der Waals surface area contributed by atoms with Crippen molar-refractivity contribution in [2.75, 3.05) is 77.8 Å². The van der Waals surface area contributed by atoms with E-state index in [1.54, 1.807) is 36.4 Å². The van der Waals surface area contributed by atoms with E-state index in [0.29, 0.717) is 68.4 Å². The topological polar surface area (TPSA) is 174 Å². The first-order chi connectivity index (χ1) is 29.7. The third-order valence-corrected chi connectivity index (χ3v) is 11.9. The minimum atomic E-state index is -4.52. The SMILES string of the molecule is CN(C)CCCOc1ccc(-c2ccc(Cl)cc2)c(CNCCNc2ccc(C(=O)NS(=O)(=O)c3ccc(NCC4CCOCC4)c([N+](C)([O-])O)c3)c(Oc3ccccc3)c2)c1. The molecule has 14 nitrogen and oxygen atoms in total. The third-order valence-electron chi connectivity index (χ3n) is 10.3. The lowest BCUT2D eigenvalue weighted by Crippen LogP contribution is -2.35. The predicted octanol–water partition coefficient (Wildman–Crippen LogP) is 8.11. The number of anilines is 2. The van der Waals surface area contributed by atoms with Crippen LogP contribution < -0.4 is 35.0 Å². The van der Waals surface area contributed by atoms with E-state index < -0.39 is 20.7 Å². The first kappa shape index (κ1) is 46.3. The van der Waals surface area contributed by atoms with Gasteiger partial charge in [-0.3, -0.25) is 4.79 Å². The van der Waals surface area contributed by atoms with Crippen LogP contribution in [0, 0.1) is 11.1 Å². The fraction of sp³-hybridized carbons (Fsp3) is 0.326. The van der Waals surface area contributed by atoms with Gasteiger partial charge in [0.2, 0.25) is 0 Å². The molecule has 0 bridgehead atoms. The number of hydrogen-bond donors (Lipinski definition) is 5.